The maximum atomic E-state index is 10.9. The zero-order valence-corrected chi connectivity index (χ0v) is 7.54. The minimum Gasteiger partial charge on any atom is -0.478 e. The third-order valence-electron chi connectivity index (χ3n) is 1.55. The van der Waals surface area contributed by atoms with E-state index in [0.29, 0.717) is 11.9 Å². The van der Waals surface area contributed by atoms with Crippen LogP contribution in [0.25, 0.3) is 0 Å². The largest absolute Gasteiger partial charge is 0.478 e. The highest BCUT2D eigenvalue weighted by atomic mass is 16.4. The Balaban J connectivity index is 2.82. The van der Waals surface area contributed by atoms with Crippen LogP contribution in [0.3, 0.4) is 0 Å². The molecule has 0 saturated heterocycles. The monoisotopic (exact) mass is 208 g/mol. The molecule has 6 nitrogen and oxygen atoms in total. The first-order valence-electron chi connectivity index (χ1n) is 3.95. The topological polar surface area (TPSA) is 99.0 Å². The third kappa shape index (κ3) is 3.11. The van der Waals surface area contributed by atoms with Gasteiger partial charge < -0.3 is 15.6 Å². The van der Waals surface area contributed by atoms with E-state index < -0.39 is 11.9 Å². The van der Waals surface area contributed by atoms with Crippen molar-refractivity contribution in [1.29, 1.82) is 0 Å². The normalized spacial score (nSPS) is 10.1. The number of carbonyl (C=O) groups excluding carboxylic acids is 1. The average Bonchev–Trinajstić information content (AvgIpc) is 2.18. The summed E-state index contributed by atoms with van der Waals surface area (Å²) in [7, 11) is 0. The number of oxime groups is 1. The van der Waals surface area contributed by atoms with Gasteiger partial charge in [-0.05, 0) is 18.2 Å². The Morgan fingerprint density at radius 1 is 1.40 bits per heavy atom. The Bertz CT molecular complexity index is 414. The van der Waals surface area contributed by atoms with Crippen LogP contribution in [-0.4, -0.2) is 28.4 Å². The van der Waals surface area contributed by atoms with Gasteiger partial charge in [0.15, 0.2) is 0 Å². The maximum Gasteiger partial charge on any atom is 0.335 e. The van der Waals surface area contributed by atoms with Crippen LogP contribution in [0.2, 0.25) is 0 Å². The Kier molecular flexibility index (Phi) is 3.39. The van der Waals surface area contributed by atoms with E-state index in [4.69, 9.17) is 10.3 Å². The molecule has 0 heterocycles. The van der Waals surface area contributed by atoms with Gasteiger partial charge >= 0.3 is 5.97 Å². The molecule has 0 fully saturated rings. The molecular weight excluding hydrogens is 200 g/mol. The van der Waals surface area contributed by atoms with Crippen molar-refractivity contribution in [2.45, 2.75) is 0 Å². The predicted octanol–water partition coefficient (Wildman–Crippen LogP) is 0.783. The molecule has 1 amide bonds. The van der Waals surface area contributed by atoms with E-state index in [2.05, 4.69) is 10.5 Å². The lowest BCUT2D eigenvalue weighted by molar-refractivity contribution is -0.110. The highest BCUT2D eigenvalue weighted by molar-refractivity contribution is 6.31. The zero-order chi connectivity index (χ0) is 11.3. The molecule has 1 aromatic rings. The summed E-state index contributed by atoms with van der Waals surface area (Å²) >= 11 is 0. The van der Waals surface area contributed by atoms with Gasteiger partial charge in [0.25, 0.3) is 5.91 Å². The van der Waals surface area contributed by atoms with Crippen LogP contribution in [-0.2, 0) is 4.79 Å². The van der Waals surface area contributed by atoms with E-state index in [1.54, 1.807) is 0 Å². The summed E-state index contributed by atoms with van der Waals surface area (Å²) in [6.45, 7) is 0. The lowest BCUT2D eigenvalue weighted by Crippen LogP contribution is -2.12. The molecule has 0 saturated carbocycles. The number of aromatic carboxylic acids is 1. The molecule has 6 heteroatoms. The SMILES string of the molecule is O=C(C=NO)Nc1cccc(C(=O)O)c1. The number of nitrogens with one attached hydrogen (secondary N) is 1. The number of amides is 1. The fraction of sp³-hybridized carbons (Fsp3) is 0. The number of carbonyl (C=O) groups is 2. The molecule has 0 bridgehead atoms. The number of nitrogens with zero attached hydrogens (tertiary/aromatic N) is 1. The smallest absolute Gasteiger partial charge is 0.335 e. The lowest BCUT2D eigenvalue weighted by atomic mass is 10.2. The minimum absolute atomic E-state index is 0.0636. The Morgan fingerprint density at radius 3 is 2.73 bits per heavy atom. The first-order chi connectivity index (χ1) is 7.13. The van der Waals surface area contributed by atoms with Crippen LogP contribution in [0.5, 0.6) is 0 Å². The van der Waals surface area contributed by atoms with Crippen molar-refractivity contribution in [3.63, 3.8) is 0 Å². The van der Waals surface area contributed by atoms with Crippen molar-refractivity contribution in [2.75, 3.05) is 5.32 Å². The third-order valence-corrected chi connectivity index (χ3v) is 1.55. The number of rotatable bonds is 3. The molecule has 1 rings (SSSR count). The molecule has 0 spiro atoms. The quantitative estimate of drug-likeness (QED) is 0.388. The molecular formula is C9H8N2O4. The van der Waals surface area contributed by atoms with Crippen LogP contribution in [0, 0.1) is 0 Å². The second-order valence-corrected chi connectivity index (χ2v) is 2.62. The van der Waals surface area contributed by atoms with Crippen molar-refractivity contribution in [2.24, 2.45) is 5.16 Å². The summed E-state index contributed by atoms with van der Waals surface area (Å²) in [5.41, 5.74) is 0.383. The van der Waals surface area contributed by atoms with Crippen molar-refractivity contribution in [3.8, 4) is 0 Å². The molecule has 3 N–H and O–H groups in total. The maximum absolute atomic E-state index is 10.9. The molecule has 0 aliphatic rings. The molecule has 78 valence electrons. The molecule has 0 atom stereocenters. The van der Waals surface area contributed by atoms with Gasteiger partial charge in [0, 0.05) is 5.69 Å². The van der Waals surface area contributed by atoms with Crippen LogP contribution in [0.15, 0.2) is 29.4 Å². The summed E-state index contributed by atoms with van der Waals surface area (Å²) in [6, 6.07) is 5.72. The number of carboxylic acids is 1. The van der Waals surface area contributed by atoms with Crippen molar-refractivity contribution in [1.82, 2.24) is 0 Å². The fourth-order valence-electron chi connectivity index (χ4n) is 0.957. The number of carboxylic acid groups (broad SMARTS) is 1. The fourth-order valence-corrected chi connectivity index (χ4v) is 0.957. The summed E-state index contributed by atoms with van der Waals surface area (Å²) in [5, 5.41) is 21.6. The van der Waals surface area contributed by atoms with Crippen molar-refractivity contribution >= 4 is 23.8 Å². The molecule has 15 heavy (non-hydrogen) atoms. The summed E-state index contributed by atoms with van der Waals surface area (Å²) in [5.74, 6) is -1.72. The van der Waals surface area contributed by atoms with Gasteiger partial charge in [-0.3, -0.25) is 4.79 Å². The Labute approximate surface area is 84.8 Å². The van der Waals surface area contributed by atoms with E-state index in [1.165, 1.54) is 24.3 Å². The molecule has 0 aliphatic heterocycles. The number of benzene rings is 1. The van der Waals surface area contributed by atoms with Gasteiger partial charge in [0.2, 0.25) is 0 Å². The van der Waals surface area contributed by atoms with Gasteiger partial charge in [-0.1, -0.05) is 11.2 Å². The lowest BCUT2D eigenvalue weighted by Gasteiger charge is -2.01. The second-order valence-electron chi connectivity index (χ2n) is 2.62. The number of anilines is 1. The minimum atomic E-state index is -1.08. The Morgan fingerprint density at radius 2 is 2.13 bits per heavy atom. The van der Waals surface area contributed by atoms with E-state index >= 15 is 0 Å². The number of hydrogen-bond acceptors (Lipinski definition) is 4. The van der Waals surface area contributed by atoms with Gasteiger partial charge in [-0.2, -0.15) is 0 Å². The predicted molar refractivity (Wildman–Crippen MR) is 52.3 cm³/mol. The van der Waals surface area contributed by atoms with Gasteiger partial charge in [-0.15, -0.1) is 0 Å². The molecule has 0 aliphatic carbocycles. The molecule has 0 radical (unpaired) electrons. The second kappa shape index (κ2) is 4.75. The summed E-state index contributed by atoms with van der Waals surface area (Å²) in [6.07, 6.45) is 0.674. The van der Waals surface area contributed by atoms with Gasteiger partial charge in [0.05, 0.1) is 5.56 Å². The van der Waals surface area contributed by atoms with Gasteiger partial charge in [0.1, 0.15) is 6.21 Å². The average molecular weight is 208 g/mol. The first kappa shape index (κ1) is 10.7. The molecule has 0 unspecified atom stereocenters. The van der Waals surface area contributed by atoms with Crippen molar-refractivity contribution < 1.29 is 19.9 Å². The molecule has 1 aromatic carbocycles. The highest BCUT2D eigenvalue weighted by Gasteiger charge is 2.04. The van der Waals surface area contributed by atoms with Gasteiger partial charge in [-0.25, -0.2) is 4.79 Å². The highest BCUT2D eigenvalue weighted by Crippen LogP contribution is 2.10. The standard InChI is InChI=1S/C9H8N2O4/c12-8(5-10-15)11-7-3-1-2-6(4-7)9(13)14/h1-5,15H,(H,11,12)(H,13,14). The summed E-state index contributed by atoms with van der Waals surface area (Å²) in [4.78, 5) is 21.5. The first-order valence-corrected chi connectivity index (χ1v) is 3.95. The van der Waals surface area contributed by atoms with E-state index in [1.807, 2.05) is 0 Å². The summed E-state index contributed by atoms with van der Waals surface area (Å²) < 4.78 is 0. The zero-order valence-electron chi connectivity index (χ0n) is 7.54. The van der Waals surface area contributed by atoms with Crippen LogP contribution in [0.4, 0.5) is 5.69 Å². The van der Waals surface area contributed by atoms with Crippen LogP contribution < -0.4 is 5.32 Å². The Hall–Kier alpha value is -2.37. The number of hydrogen-bond donors (Lipinski definition) is 3. The molecule has 0 aromatic heterocycles. The van der Waals surface area contributed by atoms with Crippen molar-refractivity contribution in [3.05, 3.63) is 29.8 Å². The van der Waals surface area contributed by atoms with Crippen LogP contribution in [0.1, 0.15) is 10.4 Å². The van der Waals surface area contributed by atoms with E-state index in [-0.39, 0.29) is 5.56 Å². The van der Waals surface area contributed by atoms with Crippen LogP contribution >= 0.6 is 0 Å². The van der Waals surface area contributed by atoms with E-state index in [0.717, 1.165) is 0 Å². The van der Waals surface area contributed by atoms with E-state index in [9.17, 15) is 9.59 Å².